The van der Waals surface area contributed by atoms with Gasteiger partial charge in [0, 0.05) is 24.2 Å². The van der Waals surface area contributed by atoms with Crippen LogP contribution < -0.4 is 0 Å². The zero-order valence-corrected chi connectivity index (χ0v) is 10.2. The maximum atomic E-state index is 13.5. The van der Waals surface area contributed by atoms with Crippen molar-refractivity contribution in [3.05, 3.63) is 29.5 Å². The van der Waals surface area contributed by atoms with Gasteiger partial charge in [0.2, 0.25) is 0 Å². The SMILES string of the molecule is CC(C)c1ccc(C(C)F)c2nn(C)cc12. The van der Waals surface area contributed by atoms with Gasteiger partial charge in [-0.15, -0.1) is 0 Å². The number of halogens is 1. The van der Waals surface area contributed by atoms with Gasteiger partial charge in [0.05, 0.1) is 5.52 Å². The van der Waals surface area contributed by atoms with E-state index in [0.29, 0.717) is 11.5 Å². The summed E-state index contributed by atoms with van der Waals surface area (Å²) in [6.07, 6.45) is 0.995. The van der Waals surface area contributed by atoms with Crippen molar-refractivity contribution in [2.45, 2.75) is 32.9 Å². The zero-order valence-electron chi connectivity index (χ0n) is 10.2. The molecule has 0 N–H and O–H groups in total. The van der Waals surface area contributed by atoms with E-state index in [1.807, 2.05) is 25.4 Å². The van der Waals surface area contributed by atoms with Crippen LogP contribution in [0.1, 0.15) is 44.0 Å². The van der Waals surface area contributed by atoms with Crippen LogP contribution in [-0.4, -0.2) is 9.78 Å². The maximum absolute atomic E-state index is 13.5. The molecule has 3 heteroatoms. The van der Waals surface area contributed by atoms with Gasteiger partial charge in [-0.2, -0.15) is 5.10 Å². The molecule has 1 unspecified atom stereocenters. The summed E-state index contributed by atoms with van der Waals surface area (Å²) in [7, 11) is 1.87. The van der Waals surface area contributed by atoms with E-state index in [2.05, 4.69) is 18.9 Å². The summed E-state index contributed by atoms with van der Waals surface area (Å²) in [5, 5.41) is 5.42. The van der Waals surface area contributed by atoms with Crippen molar-refractivity contribution < 1.29 is 4.39 Å². The summed E-state index contributed by atoms with van der Waals surface area (Å²) in [5.41, 5.74) is 2.70. The van der Waals surface area contributed by atoms with Gasteiger partial charge in [-0.25, -0.2) is 4.39 Å². The zero-order chi connectivity index (χ0) is 11.9. The number of hydrogen-bond acceptors (Lipinski definition) is 1. The number of aryl methyl sites for hydroxylation is 1. The Bertz CT molecular complexity index is 467. The molecule has 86 valence electrons. The van der Waals surface area contributed by atoms with Gasteiger partial charge in [-0.05, 0) is 18.4 Å². The summed E-state index contributed by atoms with van der Waals surface area (Å²) in [4.78, 5) is 0. The molecular formula is C13H17FN2. The van der Waals surface area contributed by atoms with E-state index in [4.69, 9.17) is 0 Å². The summed E-state index contributed by atoms with van der Waals surface area (Å²) in [6.45, 7) is 5.83. The monoisotopic (exact) mass is 220 g/mol. The van der Waals surface area contributed by atoms with Gasteiger partial charge >= 0.3 is 0 Å². The Morgan fingerprint density at radius 1 is 1.19 bits per heavy atom. The second-order valence-electron chi connectivity index (χ2n) is 4.58. The minimum atomic E-state index is -0.974. The molecule has 1 aromatic heterocycles. The van der Waals surface area contributed by atoms with Crippen molar-refractivity contribution in [2.75, 3.05) is 0 Å². The quantitative estimate of drug-likeness (QED) is 0.754. The van der Waals surface area contributed by atoms with E-state index >= 15 is 0 Å². The third-order valence-electron chi connectivity index (χ3n) is 2.91. The number of nitrogens with zero attached hydrogens (tertiary/aromatic N) is 2. The molecule has 0 amide bonds. The second-order valence-corrected chi connectivity index (χ2v) is 4.58. The average Bonchev–Trinajstić information content (AvgIpc) is 2.56. The Balaban J connectivity index is 2.76. The van der Waals surface area contributed by atoms with Crippen LogP contribution in [0.25, 0.3) is 10.9 Å². The first-order valence-electron chi connectivity index (χ1n) is 5.61. The number of hydrogen-bond donors (Lipinski definition) is 0. The van der Waals surface area contributed by atoms with Crippen molar-refractivity contribution >= 4 is 10.9 Å². The van der Waals surface area contributed by atoms with Gasteiger partial charge in [-0.3, -0.25) is 4.68 Å². The summed E-state index contributed by atoms with van der Waals surface area (Å²) in [5.74, 6) is 0.427. The van der Waals surface area contributed by atoms with E-state index in [0.717, 1.165) is 10.9 Å². The number of alkyl halides is 1. The van der Waals surface area contributed by atoms with E-state index in [1.54, 1.807) is 11.6 Å². The van der Waals surface area contributed by atoms with Crippen LogP contribution in [0.2, 0.25) is 0 Å². The number of aromatic nitrogens is 2. The Hall–Kier alpha value is -1.38. The lowest BCUT2D eigenvalue weighted by Gasteiger charge is -2.09. The molecule has 2 aromatic rings. The second kappa shape index (κ2) is 3.89. The van der Waals surface area contributed by atoms with Crippen LogP contribution in [0.4, 0.5) is 4.39 Å². The highest BCUT2D eigenvalue weighted by Gasteiger charge is 2.15. The number of fused-ring (bicyclic) bond motifs is 1. The fourth-order valence-corrected chi connectivity index (χ4v) is 2.09. The molecule has 0 bridgehead atoms. The van der Waals surface area contributed by atoms with E-state index in [9.17, 15) is 4.39 Å². The highest BCUT2D eigenvalue weighted by Crippen LogP contribution is 2.31. The molecule has 0 aliphatic carbocycles. The molecule has 0 saturated carbocycles. The molecule has 2 nitrogen and oxygen atoms in total. The normalized spacial score (nSPS) is 13.6. The lowest BCUT2D eigenvalue weighted by atomic mass is 9.96. The molecule has 16 heavy (non-hydrogen) atoms. The van der Waals surface area contributed by atoms with Gasteiger partial charge in [0.1, 0.15) is 6.17 Å². The maximum Gasteiger partial charge on any atom is 0.124 e. The molecule has 0 aliphatic heterocycles. The van der Waals surface area contributed by atoms with Crippen molar-refractivity contribution in [1.29, 1.82) is 0 Å². The van der Waals surface area contributed by atoms with Crippen molar-refractivity contribution in [1.82, 2.24) is 9.78 Å². The first kappa shape index (κ1) is 11.1. The van der Waals surface area contributed by atoms with Gasteiger partial charge in [0.15, 0.2) is 0 Å². The summed E-state index contributed by atoms with van der Waals surface area (Å²) >= 11 is 0. The van der Waals surface area contributed by atoms with Crippen LogP contribution in [0.3, 0.4) is 0 Å². The minimum absolute atomic E-state index is 0.427. The molecule has 2 rings (SSSR count). The summed E-state index contributed by atoms with van der Waals surface area (Å²) < 4.78 is 15.2. The fourth-order valence-electron chi connectivity index (χ4n) is 2.09. The molecule has 0 fully saturated rings. The highest BCUT2D eigenvalue weighted by atomic mass is 19.1. The molecule has 0 aliphatic rings. The molecule has 0 radical (unpaired) electrons. The predicted molar refractivity (Wildman–Crippen MR) is 64.3 cm³/mol. The number of rotatable bonds is 2. The largest absolute Gasteiger partial charge is 0.275 e. The topological polar surface area (TPSA) is 17.8 Å². The van der Waals surface area contributed by atoms with Gasteiger partial charge in [0.25, 0.3) is 0 Å². The fraction of sp³-hybridized carbons (Fsp3) is 0.462. The number of benzene rings is 1. The first-order chi connectivity index (χ1) is 7.50. The molecule has 1 heterocycles. The molecule has 1 aromatic carbocycles. The molecule has 1 atom stereocenters. The van der Waals surface area contributed by atoms with Crippen molar-refractivity contribution in [3.63, 3.8) is 0 Å². The van der Waals surface area contributed by atoms with E-state index in [-0.39, 0.29) is 0 Å². The third kappa shape index (κ3) is 1.70. The average molecular weight is 220 g/mol. The molecular weight excluding hydrogens is 203 g/mol. The minimum Gasteiger partial charge on any atom is -0.275 e. The highest BCUT2D eigenvalue weighted by molar-refractivity contribution is 5.85. The van der Waals surface area contributed by atoms with Gasteiger partial charge < -0.3 is 0 Å². The van der Waals surface area contributed by atoms with Crippen LogP contribution in [0.15, 0.2) is 18.3 Å². The van der Waals surface area contributed by atoms with Crippen LogP contribution in [0.5, 0.6) is 0 Å². The Kier molecular flexibility index (Phi) is 2.70. The third-order valence-corrected chi connectivity index (χ3v) is 2.91. The van der Waals surface area contributed by atoms with Gasteiger partial charge in [-0.1, -0.05) is 26.0 Å². The molecule has 0 saturated heterocycles. The predicted octanol–water partition coefficient (Wildman–Crippen LogP) is 3.73. The Morgan fingerprint density at radius 2 is 1.81 bits per heavy atom. The standard InChI is InChI=1S/C13H17FN2/c1-8(2)10-5-6-11(9(3)14)13-12(10)7-16(4)15-13/h5-9H,1-4H3. The summed E-state index contributed by atoms with van der Waals surface area (Å²) in [6, 6.07) is 3.87. The van der Waals surface area contributed by atoms with Crippen molar-refractivity contribution in [3.8, 4) is 0 Å². The lowest BCUT2D eigenvalue weighted by molar-refractivity contribution is 0.376. The first-order valence-corrected chi connectivity index (χ1v) is 5.61. The smallest absolute Gasteiger partial charge is 0.124 e. The van der Waals surface area contributed by atoms with Crippen LogP contribution in [0, 0.1) is 0 Å². The van der Waals surface area contributed by atoms with Crippen LogP contribution >= 0.6 is 0 Å². The Labute approximate surface area is 95.1 Å². The van der Waals surface area contributed by atoms with Crippen molar-refractivity contribution in [2.24, 2.45) is 7.05 Å². The lowest BCUT2D eigenvalue weighted by Crippen LogP contribution is -1.93. The van der Waals surface area contributed by atoms with E-state index < -0.39 is 6.17 Å². The molecule has 0 spiro atoms. The van der Waals surface area contributed by atoms with Crippen LogP contribution in [-0.2, 0) is 7.05 Å². The Morgan fingerprint density at radius 3 is 2.38 bits per heavy atom. The van der Waals surface area contributed by atoms with E-state index in [1.165, 1.54) is 5.56 Å².